The molecule has 4 aromatic rings. The number of aromatic nitrogens is 2. The highest BCUT2D eigenvalue weighted by molar-refractivity contribution is 7.07. The van der Waals surface area contributed by atoms with Crippen LogP contribution < -0.4 is 14.9 Å². The molecule has 0 aliphatic carbocycles. The van der Waals surface area contributed by atoms with E-state index in [1.165, 1.54) is 16.9 Å². The van der Waals surface area contributed by atoms with Crippen LogP contribution in [0.2, 0.25) is 0 Å². The van der Waals surface area contributed by atoms with Gasteiger partial charge in [0.1, 0.15) is 0 Å². The Labute approximate surface area is 238 Å². The van der Waals surface area contributed by atoms with Crippen molar-refractivity contribution < 1.29 is 9.53 Å². The van der Waals surface area contributed by atoms with Crippen molar-refractivity contribution >= 4 is 34.3 Å². The summed E-state index contributed by atoms with van der Waals surface area (Å²) in [5.41, 5.74) is 7.16. The van der Waals surface area contributed by atoms with Gasteiger partial charge < -0.3 is 9.30 Å². The molecular weight excluding hydrogens is 518 g/mol. The molecule has 5 rings (SSSR count). The van der Waals surface area contributed by atoms with E-state index in [4.69, 9.17) is 9.73 Å². The fraction of sp³-hybridized carbons (Fsp3) is 0.303. The van der Waals surface area contributed by atoms with E-state index in [-0.39, 0.29) is 12.2 Å². The highest BCUT2D eigenvalue weighted by atomic mass is 32.1. The van der Waals surface area contributed by atoms with Crippen LogP contribution in [0.15, 0.2) is 76.2 Å². The van der Waals surface area contributed by atoms with Crippen molar-refractivity contribution in [2.45, 2.75) is 60.0 Å². The molecule has 2 aromatic heterocycles. The molecule has 0 spiro atoms. The number of ether oxygens (including phenoxy) is 1. The van der Waals surface area contributed by atoms with E-state index in [0.29, 0.717) is 33.1 Å². The first-order valence-electron chi connectivity index (χ1n) is 13.7. The third-order valence-electron chi connectivity index (χ3n) is 7.55. The number of rotatable bonds is 7. The minimum atomic E-state index is -0.621. The van der Waals surface area contributed by atoms with Gasteiger partial charge in [-0.3, -0.25) is 9.36 Å². The van der Waals surface area contributed by atoms with Gasteiger partial charge in [-0.1, -0.05) is 67.2 Å². The molecule has 40 heavy (non-hydrogen) atoms. The lowest BCUT2D eigenvalue weighted by Crippen LogP contribution is -2.40. The molecule has 3 heterocycles. The first kappa shape index (κ1) is 27.6. The molecule has 0 unspecified atom stereocenters. The lowest BCUT2D eigenvalue weighted by Gasteiger charge is -2.25. The van der Waals surface area contributed by atoms with Crippen LogP contribution in [0, 0.1) is 13.8 Å². The Morgan fingerprint density at radius 3 is 2.52 bits per heavy atom. The van der Waals surface area contributed by atoms with Crippen molar-refractivity contribution in [3.63, 3.8) is 0 Å². The monoisotopic (exact) mass is 553 g/mol. The average molecular weight is 554 g/mol. The summed E-state index contributed by atoms with van der Waals surface area (Å²) < 4.78 is 9.88. The van der Waals surface area contributed by atoms with Crippen LogP contribution in [0.1, 0.15) is 67.6 Å². The van der Waals surface area contributed by atoms with Crippen LogP contribution in [-0.2, 0) is 16.1 Å². The van der Waals surface area contributed by atoms with Gasteiger partial charge in [-0.25, -0.2) is 9.79 Å². The Morgan fingerprint density at radius 1 is 1.15 bits per heavy atom. The average Bonchev–Trinajstić information content (AvgIpc) is 3.36. The Bertz CT molecular complexity index is 1850. The van der Waals surface area contributed by atoms with Gasteiger partial charge in [-0.2, -0.15) is 0 Å². The molecule has 2 aromatic carbocycles. The smallest absolute Gasteiger partial charge is 0.338 e. The van der Waals surface area contributed by atoms with Gasteiger partial charge in [0, 0.05) is 28.7 Å². The molecule has 0 amide bonds. The third kappa shape index (κ3) is 4.68. The highest BCUT2D eigenvalue weighted by Gasteiger charge is 2.33. The molecule has 6 nitrogen and oxygen atoms in total. The maximum Gasteiger partial charge on any atom is 0.338 e. The number of nitrogens with zero attached hydrogens (tertiary/aromatic N) is 3. The van der Waals surface area contributed by atoms with Crippen LogP contribution in [0.3, 0.4) is 0 Å². The van der Waals surface area contributed by atoms with Crippen LogP contribution in [0.25, 0.3) is 17.0 Å². The SMILES string of the molecule is C=CCn1c(C)c(/C=c2\sc3n(c2=O)[C@@H](c2ccc(C(C)C)cc2)C(C(=O)OCC)=C(C)N=3)c2cc(C)ccc21. The van der Waals surface area contributed by atoms with Gasteiger partial charge >= 0.3 is 5.97 Å². The molecule has 1 aliphatic heterocycles. The van der Waals surface area contributed by atoms with E-state index in [1.807, 2.05) is 31.2 Å². The van der Waals surface area contributed by atoms with E-state index in [2.05, 4.69) is 69.2 Å². The zero-order valence-corrected chi connectivity index (χ0v) is 24.8. The molecule has 1 atom stereocenters. The highest BCUT2D eigenvalue weighted by Crippen LogP contribution is 2.32. The van der Waals surface area contributed by atoms with E-state index >= 15 is 0 Å². The molecule has 0 N–H and O–H groups in total. The molecule has 7 heteroatoms. The summed E-state index contributed by atoms with van der Waals surface area (Å²) in [4.78, 5) is 32.6. The fourth-order valence-electron chi connectivity index (χ4n) is 5.47. The van der Waals surface area contributed by atoms with Gasteiger partial charge in [0.2, 0.25) is 0 Å². The Kier molecular flexibility index (Phi) is 7.51. The van der Waals surface area contributed by atoms with Crippen molar-refractivity contribution in [2.24, 2.45) is 4.99 Å². The Balaban J connectivity index is 1.76. The summed E-state index contributed by atoms with van der Waals surface area (Å²) in [5.74, 6) is -0.0808. The summed E-state index contributed by atoms with van der Waals surface area (Å²) in [5, 5.41) is 1.09. The van der Waals surface area contributed by atoms with E-state index in [1.54, 1.807) is 11.5 Å². The summed E-state index contributed by atoms with van der Waals surface area (Å²) in [6.07, 6.45) is 3.86. The second-order valence-electron chi connectivity index (χ2n) is 10.5. The fourth-order valence-corrected chi connectivity index (χ4v) is 6.50. The Hall–Kier alpha value is -3.97. The number of allylic oxidation sites excluding steroid dienone is 2. The van der Waals surface area contributed by atoms with E-state index < -0.39 is 12.0 Å². The van der Waals surface area contributed by atoms with Crippen molar-refractivity contribution in [1.29, 1.82) is 0 Å². The van der Waals surface area contributed by atoms with E-state index in [0.717, 1.165) is 33.3 Å². The van der Waals surface area contributed by atoms with E-state index in [9.17, 15) is 9.59 Å². The van der Waals surface area contributed by atoms with Gasteiger partial charge in [-0.05, 0) is 62.9 Å². The number of thiazole rings is 1. The van der Waals surface area contributed by atoms with Crippen molar-refractivity contribution in [1.82, 2.24) is 9.13 Å². The summed E-state index contributed by atoms with van der Waals surface area (Å²) in [7, 11) is 0. The quantitative estimate of drug-likeness (QED) is 0.219. The molecule has 0 saturated carbocycles. The van der Waals surface area contributed by atoms with Gasteiger partial charge in [0.25, 0.3) is 5.56 Å². The van der Waals surface area contributed by atoms with Crippen LogP contribution in [0.5, 0.6) is 0 Å². The number of hydrogen-bond acceptors (Lipinski definition) is 5. The number of esters is 1. The maximum absolute atomic E-state index is 14.1. The lowest BCUT2D eigenvalue weighted by atomic mass is 9.93. The number of hydrogen-bond donors (Lipinski definition) is 0. The summed E-state index contributed by atoms with van der Waals surface area (Å²) >= 11 is 1.35. The number of carbonyl (C=O) groups excluding carboxylic acids is 1. The topological polar surface area (TPSA) is 65.6 Å². The van der Waals surface area contributed by atoms with Crippen molar-refractivity contribution in [3.8, 4) is 0 Å². The van der Waals surface area contributed by atoms with Crippen molar-refractivity contribution in [3.05, 3.63) is 114 Å². The van der Waals surface area contributed by atoms with Gasteiger partial charge in [0.05, 0.1) is 28.5 Å². The second-order valence-corrected chi connectivity index (χ2v) is 11.6. The first-order chi connectivity index (χ1) is 19.2. The minimum Gasteiger partial charge on any atom is -0.463 e. The molecule has 0 saturated heterocycles. The molecule has 0 radical (unpaired) electrons. The Morgan fingerprint density at radius 2 is 1.88 bits per heavy atom. The number of benzene rings is 2. The van der Waals surface area contributed by atoms with Crippen LogP contribution in [0.4, 0.5) is 0 Å². The number of fused-ring (bicyclic) bond motifs is 2. The molecule has 1 aliphatic rings. The number of carbonyl (C=O) groups is 1. The third-order valence-corrected chi connectivity index (χ3v) is 8.53. The normalized spacial score (nSPS) is 15.5. The maximum atomic E-state index is 14.1. The minimum absolute atomic E-state index is 0.173. The largest absolute Gasteiger partial charge is 0.463 e. The molecule has 0 bridgehead atoms. The second kappa shape index (κ2) is 10.9. The molecular formula is C33H35N3O3S. The lowest BCUT2D eigenvalue weighted by molar-refractivity contribution is -0.139. The zero-order valence-electron chi connectivity index (χ0n) is 23.9. The predicted octanol–water partition coefficient (Wildman–Crippen LogP) is 5.68. The predicted molar refractivity (Wildman–Crippen MR) is 163 cm³/mol. The van der Waals surface area contributed by atoms with Crippen LogP contribution in [-0.4, -0.2) is 21.7 Å². The molecule has 206 valence electrons. The van der Waals surface area contributed by atoms with Crippen molar-refractivity contribution in [2.75, 3.05) is 6.61 Å². The summed E-state index contributed by atoms with van der Waals surface area (Å²) in [6.45, 7) is 16.9. The summed E-state index contributed by atoms with van der Waals surface area (Å²) in [6, 6.07) is 13.9. The van der Waals surface area contributed by atoms with Crippen LogP contribution >= 0.6 is 11.3 Å². The zero-order chi connectivity index (χ0) is 28.7. The van der Waals surface area contributed by atoms with Gasteiger partial charge in [0.15, 0.2) is 4.80 Å². The van der Waals surface area contributed by atoms with Gasteiger partial charge in [-0.15, -0.1) is 6.58 Å². The first-order valence-corrected chi connectivity index (χ1v) is 14.5. The standard InChI is InChI=1S/C33H35N3O3S/c1-8-16-35-22(7)25(26-17-20(5)10-15-27(26)35)18-28-31(37)36-30(24-13-11-23(12-14-24)19(3)4)29(32(38)39-9-2)21(6)34-33(36)40-28/h8,10-15,17-19,30H,1,9,16H2,2-7H3/b28-18-/t30-/m0/s1. The molecule has 0 fully saturated rings. The number of aryl methyl sites for hydroxylation is 1.